The van der Waals surface area contributed by atoms with E-state index in [0.29, 0.717) is 0 Å². The maximum Gasteiger partial charge on any atom is 0.122 e. The van der Waals surface area contributed by atoms with Crippen LogP contribution in [0, 0.1) is 0 Å². The SMILES string of the molecule is COc1ccnc(CCCCN)c1. The number of aryl methyl sites for hydroxylation is 1. The van der Waals surface area contributed by atoms with E-state index in [0.717, 1.165) is 37.3 Å². The van der Waals surface area contributed by atoms with Gasteiger partial charge in [-0.1, -0.05) is 0 Å². The number of pyridine rings is 1. The number of ether oxygens (including phenoxy) is 1. The van der Waals surface area contributed by atoms with E-state index in [1.54, 1.807) is 13.3 Å². The molecule has 0 spiro atoms. The van der Waals surface area contributed by atoms with Gasteiger partial charge in [-0.2, -0.15) is 0 Å². The summed E-state index contributed by atoms with van der Waals surface area (Å²) in [5.41, 5.74) is 6.48. The molecule has 0 bridgehead atoms. The third kappa shape index (κ3) is 3.42. The molecule has 2 N–H and O–H groups in total. The molecule has 0 aliphatic rings. The summed E-state index contributed by atoms with van der Waals surface area (Å²) in [6.45, 7) is 0.754. The Morgan fingerprint density at radius 2 is 2.31 bits per heavy atom. The normalized spacial score (nSPS) is 10.0. The zero-order chi connectivity index (χ0) is 9.52. The van der Waals surface area contributed by atoms with Gasteiger partial charge in [0, 0.05) is 18.0 Å². The highest BCUT2D eigenvalue weighted by Gasteiger charge is 1.96. The largest absolute Gasteiger partial charge is 0.497 e. The highest BCUT2D eigenvalue weighted by molar-refractivity contribution is 5.22. The van der Waals surface area contributed by atoms with E-state index in [1.807, 2.05) is 12.1 Å². The molecule has 1 aromatic heterocycles. The van der Waals surface area contributed by atoms with Crippen molar-refractivity contribution in [1.29, 1.82) is 0 Å². The summed E-state index contributed by atoms with van der Waals surface area (Å²) < 4.78 is 5.10. The second-order valence-corrected chi connectivity index (χ2v) is 2.93. The fourth-order valence-electron chi connectivity index (χ4n) is 1.17. The van der Waals surface area contributed by atoms with Gasteiger partial charge in [-0.05, 0) is 31.9 Å². The van der Waals surface area contributed by atoms with Gasteiger partial charge in [0.25, 0.3) is 0 Å². The van der Waals surface area contributed by atoms with Crippen LogP contribution in [0.3, 0.4) is 0 Å². The lowest BCUT2D eigenvalue weighted by Gasteiger charge is -2.02. The molecule has 0 amide bonds. The van der Waals surface area contributed by atoms with Crippen molar-refractivity contribution in [2.24, 2.45) is 5.73 Å². The third-order valence-corrected chi connectivity index (χ3v) is 1.91. The number of nitrogens with two attached hydrogens (primary N) is 1. The first kappa shape index (κ1) is 9.99. The molecule has 0 aliphatic carbocycles. The molecule has 0 aromatic carbocycles. The Labute approximate surface area is 78.9 Å². The Kier molecular flexibility index (Phi) is 4.26. The van der Waals surface area contributed by atoms with Crippen molar-refractivity contribution in [3.05, 3.63) is 24.0 Å². The van der Waals surface area contributed by atoms with Crippen molar-refractivity contribution in [1.82, 2.24) is 4.98 Å². The van der Waals surface area contributed by atoms with Gasteiger partial charge < -0.3 is 10.5 Å². The zero-order valence-electron chi connectivity index (χ0n) is 7.99. The van der Waals surface area contributed by atoms with E-state index in [1.165, 1.54) is 0 Å². The molecule has 1 heterocycles. The molecule has 0 fully saturated rings. The molecule has 1 rings (SSSR count). The summed E-state index contributed by atoms with van der Waals surface area (Å²) in [5.74, 6) is 0.873. The van der Waals surface area contributed by atoms with E-state index in [9.17, 15) is 0 Å². The topological polar surface area (TPSA) is 48.1 Å². The Morgan fingerprint density at radius 1 is 1.46 bits per heavy atom. The van der Waals surface area contributed by atoms with E-state index in [2.05, 4.69) is 4.98 Å². The molecular weight excluding hydrogens is 164 g/mol. The monoisotopic (exact) mass is 180 g/mol. The maximum absolute atomic E-state index is 5.40. The average Bonchev–Trinajstić information content (AvgIpc) is 2.19. The maximum atomic E-state index is 5.40. The second kappa shape index (κ2) is 5.54. The van der Waals surface area contributed by atoms with Crippen LogP contribution in [0.1, 0.15) is 18.5 Å². The smallest absolute Gasteiger partial charge is 0.122 e. The van der Waals surface area contributed by atoms with Crippen LogP contribution in [0.5, 0.6) is 5.75 Å². The van der Waals surface area contributed by atoms with Crippen LogP contribution in [-0.2, 0) is 6.42 Å². The van der Waals surface area contributed by atoms with Crippen molar-refractivity contribution < 1.29 is 4.74 Å². The molecule has 13 heavy (non-hydrogen) atoms. The molecule has 0 atom stereocenters. The molecule has 0 saturated carbocycles. The number of hydrogen-bond donors (Lipinski definition) is 1. The van der Waals surface area contributed by atoms with Crippen LogP contribution in [0.4, 0.5) is 0 Å². The number of aromatic nitrogens is 1. The summed E-state index contributed by atoms with van der Waals surface area (Å²) in [6.07, 6.45) is 4.90. The van der Waals surface area contributed by atoms with Crippen molar-refractivity contribution in [3.63, 3.8) is 0 Å². The summed E-state index contributed by atoms with van der Waals surface area (Å²) in [7, 11) is 1.67. The number of unbranched alkanes of at least 4 members (excludes halogenated alkanes) is 1. The van der Waals surface area contributed by atoms with Crippen LogP contribution in [0.2, 0.25) is 0 Å². The van der Waals surface area contributed by atoms with E-state index < -0.39 is 0 Å². The second-order valence-electron chi connectivity index (χ2n) is 2.93. The number of methoxy groups -OCH3 is 1. The highest BCUT2D eigenvalue weighted by Crippen LogP contribution is 2.11. The lowest BCUT2D eigenvalue weighted by atomic mass is 10.2. The standard InChI is InChI=1S/C10H16N2O/c1-13-10-5-7-12-9(8-10)4-2-3-6-11/h5,7-8H,2-4,6,11H2,1H3. The Morgan fingerprint density at radius 3 is 3.00 bits per heavy atom. The number of rotatable bonds is 5. The van der Waals surface area contributed by atoms with Crippen LogP contribution in [0.25, 0.3) is 0 Å². The Hall–Kier alpha value is -1.09. The summed E-state index contributed by atoms with van der Waals surface area (Å²) in [6, 6.07) is 3.82. The summed E-state index contributed by atoms with van der Waals surface area (Å²) in [5, 5.41) is 0. The predicted molar refractivity (Wildman–Crippen MR) is 52.8 cm³/mol. The molecule has 3 heteroatoms. The lowest BCUT2D eigenvalue weighted by Crippen LogP contribution is -1.99. The van der Waals surface area contributed by atoms with Gasteiger partial charge in [0.2, 0.25) is 0 Å². The molecule has 1 aromatic rings. The fourth-order valence-corrected chi connectivity index (χ4v) is 1.17. The van der Waals surface area contributed by atoms with Crippen molar-refractivity contribution in [3.8, 4) is 5.75 Å². The first-order valence-electron chi connectivity index (χ1n) is 4.56. The molecule has 0 unspecified atom stereocenters. The molecule has 0 saturated heterocycles. The van der Waals surface area contributed by atoms with E-state index in [-0.39, 0.29) is 0 Å². The minimum atomic E-state index is 0.754. The van der Waals surface area contributed by atoms with Gasteiger partial charge in [-0.25, -0.2) is 0 Å². The van der Waals surface area contributed by atoms with Gasteiger partial charge in [0.1, 0.15) is 5.75 Å². The summed E-state index contributed by atoms with van der Waals surface area (Å²) in [4.78, 5) is 4.24. The van der Waals surface area contributed by atoms with Crippen LogP contribution >= 0.6 is 0 Å². The third-order valence-electron chi connectivity index (χ3n) is 1.91. The van der Waals surface area contributed by atoms with E-state index >= 15 is 0 Å². The lowest BCUT2D eigenvalue weighted by molar-refractivity contribution is 0.413. The van der Waals surface area contributed by atoms with E-state index in [4.69, 9.17) is 10.5 Å². The highest BCUT2D eigenvalue weighted by atomic mass is 16.5. The van der Waals surface area contributed by atoms with Gasteiger partial charge >= 0.3 is 0 Å². The molecular formula is C10H16N2O. The van der Waals surface area contributed by atoms with Crippen molar-refractivity contribution in [2.75, 3.05) is 13.7 Å². The number of hydrogen-bond acceptors (Lipinski definition) is 3. The average molecular weight is 180 g/mol. The minimum absolute atomic E-state index is 0.754. The molecule has 72 valence electrons. The predicted octanol–water partition coefficient (Wildman–Crippen LogP) is 1.37. The van der Waals surface area contributed by atoms with Crippen LogP contribution < -0.4 is 10.5 Å². The minimum Gasteiger partial charge on any atom is -0.497 e. The fraction of sp³-hybridized carbons (Fsp3) is 0.500. The molecule has 0 aliphatic heterocycles. The first-order valence-corrected chi connectivity index (χ1v) is 4.56. The van der Waals surface area contributed by atoms with Crippen LogP contribution in [0.15, 0.2) is 18.3 Å². The van der Waals surface area contributed by atoms with Crippen molar-refractivity contribution >= 4 is 0 Å². The van der Waals surface area contributed by atoms with Crippen molar-refractivity contribution in [2.45, 2.75) is 19.3 Å². The van der Waals surface area contributed by atoms with Gasteiger partial charge in [0.15, 0.2) is 0 Å². The van der Waals surface area contributed by atoms with Gasteiger partial charge in [0.05, 0.1) is 7.11 Å². The van der Waals surface area contributed by atoms with Gasteiger partial charge in [-0.3, -0.25) is 4.98 Å². The zero-order valence-corrected chi connectivity index (χ0v) is 7.99. The Bertz CT molecular complexity index is 250. The van der Waals surface area contributed by atoms with Crippen LogP contribution in [-0.4, -0.2) is 18.6 Å². The van der Waals surface area contributed by atoms with Gasteiger partial charge in [-0.15, -0.1) is 0 Å². The Balaban J connectivity index is 2.46. The molecule has 3 nitrogen and oxygen atoms in total. The summed E-state index contributed by atoms with van der Waals surface area (Å²) >= 11 is 0. The number of nitrogens with zero attached hydrogens (tertiary/aromatic N) is 1. The first-order chi connectivity index (χ1) is 6.36. The molecule has 0 radical (unpaired) electrons. The quantitative estimate of drug-likeness (QED) is 0.696.